The molecule has 1 amide bonds. The summed E-state index contributed by atoms with van der Waals surface area (Å²) in [6.45, 7) is 6.08. The number of carbonyl (C=O) groups excluding carboxylic acids is 1. The van der Waals surface area contributed by atoms with E-state index in [9.17, 15) is 13.6 Å². The molecule has 110 valence electrons. The van der Waals surface area contributed by atoms with Crippen molar-refractivity contribution in [3.05, 3.63) is 18.0 Å². The largest absolute Gasteiger partial charge is 0.337 e. The molecule has 1 aromatic heterocycles. The van der Waals surface area contributed by atoms with Gasteiger partial charge in [0.1, 0.15) is 5.69 Å². The van der Waals surface area contributed by atoms with Crippen molar-refractivity contribution in [1.29, 1.82) is 0 Å². The van der Waals surface area contributed by atoms with Gasteiger partial charge in [-0.1, -0.05) is 6.92 Å². The summed E-state index contributed by atoms with van der Waals surface area (Å²) >= 11 is 0. The van der Waals surface area contributed by atoms with E-state index in [1.54, 1.807) is 23.9 Å². The number of amides is 1. The molecule has 1 saturated heterocycles. The summed E-state index contributed by atoms with van der Waals surface area (Å²) in [5.74, 6) is -3.56. The predicted molar refractivity (Wildman–Crippen MR) is 69.7 cm³/mol. The van der Waals surface area contributed by atoms with Crippen molar-refractivity contribution in [2.45, 2.75) is 39.2 Å². The van der Waals surface area contributed by atoms with Gasteiger partial charge in [-0.25, -0.2) is 8.78 Å². The third-order valence-electron chi connectivity index (χ3n) is 4.83. The number of hydrogen-bond donors (Lipinski definition) is 0. The van der Waals surface area contributed by atoms with E-state index in [0.29, 0.717) is 18.7 Å². The second kappa shape index (κ2) is 4.02. The van der Waals surface area contributed by atoms with Gasteiger partial charge < -0.3 is 4.90 Å². The van der Waals surface area contributed by atoms with Crippen LogP contribution in [0.25, 0.3) is 0 Å². The third-order valence-corrected chi connectivity index (χ3v) is 4.83. The second-order valence-corrected chi connectivity index (χ2v) is 6.37. The van der Waals surface area contributed by atoms with Crippen LogP contribution in [0, 0.1) is 11.3 Å². The van der Waals surface area contributed by atoms with Crippen molar-refractivity contribution in [3.8, 4) is 0 Å². The lowest BCUT2D eigenvalue weighted by molar-refractivity contribution is 0.0635. The topological polar surface area (TPSA) is 38.1 Å². The molecule has 2 fully saturated rings. The highest BCUT2D eigenvalue weighted by molar-refractivity contribution is 5.92. The highest BCUT2D eigenvalue weighted by Crippen LogP contribution is 2.69. The molecule has 1 aliphatic heterocycles. The Kier molecular flexibility index (Phi) is 2.72. The van der Waals surface area contributed by atoms with E-state index in [4.69, 9.17) is 0 Å². The van der Waals surface area contributed by atoms with Gasteiger partial charge in [-0.05, 0) is 26.3 Å². The SMILES string of the molecule is CC(C)n1ccc(C(=O)N2CC[C@@]3(C)[C@H](C2)C3(F)F)n1. The molecule has 4 nitrogen and oxygen atoms in total. The highest BCUT2D eigenvalue weighted by atomic mass is 19.3. The van der Waals surface area contributed by atoms with Crippen LogP contribution in [0.3, 0.4) is 0 Å². The maximum atomic E-state index is 13.7. The Morgan fingerprint density at radius 1 is 1.50 bits per heavy atom. The van der Waals surface area contributed by atoms with Gasteiger partial charge >= 0.3 is 0 Å². The molecule has 0 bridgehead atoms. The fourth-order valence-electron chi connectivity index (χ4n) is 3.10. The van der Waals surface area contributed by atoms with Crippen LogP contribution in [0.1, 0.15) is 43.7 Å². The number of alkyl halides is 2. The Hall–Kier alpha value is -1.46. The summed E-state index contributed by atoms with van der Waals surface area (Å²) in [6, 6.07) is 1.83. The molecule has 2 atom stereocenters. The zero-order valence-corrected chi connectivity index (χ0v) is 11.9. The van der Waals surface area contributed by atoms with Gasteiger partial charge in [0.2, 0.25) is 0 Å². The summed E-state index contributed by atoms with van der Waals surface area (Å²) in [5, 5.41) is 4.22. The van der Waals surface area contributed by atoms with Crippen LogP contribution in [0.5, 0.6) is 0 Å². The van der Waals surface area contributed by atoms with E-state index in [2.05, 4.69) is 5.10 Å². The van der Waals surface area contributed by atoms with Crippen molar-refractivity contribution in [1.82, 2.24) is 14.7 Å². The number of nitrogens with zero attached hydrogens (tertiary/aromatic N) is 3. The third kappa shape index (κ3) is 1.70. The van der Waals surface area contributed by atoms with Crippen molar-refractivity contribution in [2.24, 2.45) is 11.3 Å². The summed E-state index contributed by atoms with van der Waals surface area (Å²) < 4.78 is 29.1. The molecule has 1 aromatic rings. The van der Waals surface area contributed by atoms with Crippen molar-refractivity contribution >= 4 is 5.91 Å². The minimum absolute atomic E-state index is 0.136. The van der Waals surface area contributed by atoms with Gasteiger partial charge in [0, 0.05) is 30.7 Å². The number of piperidine rings is 1. The van der Waals surface area contributed by atoms with Crippen LogP contribution >= 0.6 is 0 Å². The fraction of sp³-hybridized carbons (Fsp3) is 0.714. The zero-order chi connectivity index (χ0) is 14.7. The Bertz CT molecular complexity index is 554. The molecule has 0 unspecified atom stereocenters. The van der Waals surface area contributed by atoms with Gasteiger partial charge in [0.05, 0.1) is 5.92 Å². The van der Waals surface area contributed by atoms with Gasteiger partial charge in [0.15, 0.2) is 0 Å². The molecule has 3 rings (SSSR count). The summed E-state index contributed by atoms with van der Waals surface area (Å²) in [4.78, 5) is 13.8. The average molecular weight is 283 g/mol. The zero-order valence-electron chi connectivity index (χ0n) is 11.9. The van der Waals surface area contributed by atoms with E-state index >= 15 is 0 Å². The van der Waals surface area contributed by atoms with Crippen LogP contribution in [0.15, 0.2) is 12.3 Å². The lowest BCUT2D eigenvalue weighted by Gasteiger charge is -2.27. The van der Waals surface area contributed by atoms with Gasteiger partial charge in [-0.2, -0.15) is 5.10 Å². The minimum Gasteiger partial charge on any atom is -0.337 e. The lowest BCUT2D eigenvalue weighted by atomic mass is 9.97. The molecule has 0 spiro atoms. The first-order valence-electron chi connectivity index (χ1n) is 6.99. The number of fused-ring (bicyclic) bond motifs is 1. The molecule has 20 heavy (non-hydrogen) atoms. The summed E-state index contributed by atoms with van der Waals surface area (Å²) in [7, 11) is 0. The Labute approximate surface area is 116 Å². The number of aromatic nitrogens is 2. The predicted octanol–water partition coefficient (Wildman–Crippen LogP) is 2.58. The molecule has 0 aromatic carbocycles. The average Bonchev–Trinajstić information content (AvgIpc) is 2.76. The van der Waals surface area contributed by atoms with Crippen LogP contribution in [-0.2, 0) is 0 Å². The number of rotatable bonds is 2. The maximum Gasteiger partial charge on any atom is 0.274 e. The molecule has 0 N–H and O–H groups in total. The number of likely N-dealkylation sites (tertiary alicyclic amines) is 1. The van der Waals surface area contributed by atoms with Crippen molar-refractivity contribution in [3.63, 3.8) is 0 Å². The molecular formula is C14H19F2N3O. The first kappa shape index (κ1) is 13.5. The Balaban J connectivity index is 1.73. The Morgan fingerprint density at radius 3 is 2.75 bits per heavy atom. The molecular weight excluding hydrogens is 264 g/mol. The van der Waals surface area contributed by atoms with E-state index in [0.717, 1.165) is 0 Å². The van der Waals surface area contributed by atoms with Crippen molar-refractivity contribution in [2.75, 3.05) is 13.1 Å². The van der Waals surface area contributed by atoms with E-state index in [1.165, 1.54) is 4.90 Å². The monoisotopic (exact) mass is 283 g/mol. The van der Waals surface area contributed by atoms with E-state index in [-0.39, 0.29) is 18.5 Å². The Morgan fingerprint density at radius 2 is 2.20 bits per heavy atom. The number of carbonyl (C=O) groups is 1. The van der Waals surface area contributed by atoms with Gasteiger partial charge in [-0.15, -0.1) is 0 Å². The highest BCUT2D eigenvalue weighted by Gasteiger charge is 2.78. The first-order valence-corrected chi connectivity index (χ1v) is 6.99. The van der Waals surface area contributed by atoms with Crippen LogP contribution in [-0.4, -0.2) is 39.6 Å². The fourth-order valence-corrected chi connectivity index (χ4v) is 3.10. The maximum absolute atomic E-state index is 13.7. The number of halogens is 2. The van der Waals surface area contributed by atoms with E-state index < -0.39 is 17.3 Å². The second-order valence-electron chi connectivity index (χ2n) is 6.37. The normalized spacial score (nSPS) is 31.3. The first-order chi connectivity index (χ1) is 9.27. The van der Waals surface area contributed by atoms with Crippen LogP contribution in [0.2, 0.25) is 0 Å². The van der Waals surface area contributed by atoms with Gasteiger partial charge in [-0.3, -0.25) is 9.48 Å². The molecule has 0 radical (unpaired) electrons. The lowest BCUT2D eigenvalue weighted by Crippen LogP contribution is -2.39. The van der Waals surface area contributed by atoms with E-state index in [1.807, 2.05) is 13.8 Å². The number of hydrogen-bond acceptors (Lipinski definition) is 2. The van der Waals surface area contributed by atoms with Crippen LogP contribution < -0.4 is 0 Å². The van der Waals surface area contributed by atoms with Crippen LogP contribution in [0.4, 0.5) is 8.78 Å². The summed E-state index contributed by atoms with van der Waals surface area (Å²) in [5.41, 5.74) is -0.563. The molecule has 2 aliphatic rings. The smallest absolute Gasteiger partial charge is 0.274 e. The molecule has 1 saturated carbocycles. The summed E-state index contributed by atoms with van der Waals surface area (Å²) in [6.07, 6.45) is 2.11. The van der Waals surface area contributed by atoms with Crippen molar-refractivity contribution < 1.29 is 13.6 Å². The quantitative estimate of drug-likeness (QED) is 0.836. The van der Waals surface area contributed by atoms with Gasteiger partial charge in [0.25, 0.3) is 11.8 Å². The minimum atomic E-state index is -2.63. The molecule has 1 aliphatic carbocycles. The standard InChI is InChI=1S/C14H19F2N3O/c1-9(2)19-6-4-10(17-19)12(20)18-7-5-13(3)11(8-18)14(13,15)16/h4,6,9,11H,5,7-8H2,1-3H3/t11-,13-/m0/s1. The molecule has 6 heteroatoms. The molecule has 2 heterocycles.